The first-order valence-corrected chi connectivity index (χ1v) is 13.9. The van der Waals surface area contributed by atoms with Crippen molar-refractivity contribution in [3.63, 3.8) is 0 Å². The number of carbonyl (C=O) groups excluding carboxylic acids is 2. The van der Waals surface area contributed by atoms with E-state index in [1.165, 1.54) is 12.2 Å². The predicted octanol–water partition coefficient (Wildman–Crippen LogP) is 3.82. The van der Waals surface area contributed by atoms with Crippen LogP contribution in [0.25, 0.3) is 0 Å². The van der Waals surface area contributed by atoms with E-state index in [0.717, 1.165) is 5.56 Å². The molecule has 4 fully saturated rings. The van der Waals surface area contributed by atoms with Crippen LogP contribution in [0.1, 0.15) is 45.1 Å². The first-order chi connectivity index (χ1) is 18.0. The molecule has 2 N–H and O–H groups in total. The molecule has 6 nitrogen and oxygen atoms in total. The van der Waals surface area contributed by atoms with Crippen LogP contribution in [-0.4, -0.2) is 64.4 Å². The highest BCUT2D eigenvalue weighted by molar-refractivity contribution is 6.29. The van der Waals surface area contributed by atoms with Gasteiger partial charge < -0.3 is 19.7 Å². The van der Waals surface area contributed by atoms with Crippen molar-refractivity contribution >= 4 is 23.2 Å². The predicted molar refractivity (Wildman–Crippen MR) is 138 cm³/mol. The minimum Gasteiger partial charge on any atom is -0.390 e. The molecule has 0 amide bonds. The van der Waals surface area contributed by atoms with Crippen molar-refractivity contribution in [1.82, 2.24) is 0 Å². The lowest BCUT2D eigenvalue weighted by atomic mass is 9.44. The molecule has 1 saturated heterocycles. The van der Waals surface area contributed by atoms with Crippen LogP contribution >= 0.6 is 11.6 Å². The van der Waals surface area contributed by atoms with Gasteiger partial charge in [-0.3, -0.25) is 9.59 Å². The Hall–Kier alpha value is -1.90. The Morgan fingerprint density at radius 3 is 2.61 bits per heavy atom. The van der Waals surface area contributed by atoms with Crippen LogP contribution < -0.4 is 0 Å². The van der Waals surface area contributed by atoms with Gasteiger partial charge in [0.25, 0.3) is 0 Å². The van der Waals surface area contributed by atoms with E-state index in [1.54, 1.807) is 19.9 Å². The Morgan fingerprint density at radius 2 is 1.95 bits per heavy atom. The van der Waals surface area contributed by atoms with E-state index >= 15 is 4.39 Å². The average Bonchev–Trinajstić information content (AvgIpc) is 3.66. The third-order valence-corrected chi connectivity index (χ3v) is 10.9. The van der Waals surface area contributed by atoms with Gasteiger partial charge in [0, 0.05) is 16.7 Å². The molecule has 1 aromatic rings. The number of aliphatic hydroxyl groups excluding tert-OH is 1. The summed E-state index contributed by atoms with van der Waals surface area (Å²) in [6, 6.07) is 9.65. The van der Waals surface area contributed by atoms with Crippen molar-refractivity contribution in [2.24, 2.45) is 22.7 Å². The maximum atomic E-state index is 17.4. The van der Waals surface area contributed by atoms with E-state index in [4.69, 9.17) is 21.1 Å². The standard InChI is InChI=1S/C30H34ClFO6/c1-26-11-10-20(33)12-19(26)8-9-21-22-13-25(37-16-28(17-38-28)18-6-4-3-5-7-18)30(36,24(35)15-31)27(22,2)14-23(34)29(21,26)32/h3-7,10-12,21-23,25,34,36H,8-9,13-17H2,1-2H3/t21-,22-,23-,25+,26-,27-,28?,29?,30+/m0/s1. The second-order valence-electron chi connectivity index (χ2n) is 12.3. The highest BCUT2D eigenvalue weighted by atomic mass is 35.5. The minimum absolute atomic E-state index is 0.130. The molecule has 0 bridgehead atoms. The van der Waals surface area contributed by atoms with Crippen molar-refractivity contribution < 1.29 is 33.7 Å². The number of epoxide rings is 1. The molecule has 1 aliphatic heterocycles. The summed E-state index contributed by atoms with van der Waals surface area (Å²) in [7, 11) is 0. The molecule has 4 aliphatic carbocycles. The van der Waals surface area contributed by atoms with Crippen LogP contribution in [0.2, 0.25) is 0 Å². The molecule has 2 unspecified atom stereocenters. The Bertz CT molecular complexity index is 1230. The van der Waals surface area contributed by atoms with E-state index in [-0.39, 0.29) is 25.2 Å². The zero-order chi connectivity index (χ0) is 27.1. The quantitative estimate of drug-likeness (QED) is 0.417. The third kappa shape index (κ3) is 3.26. The van der Waals surface area contributed by atoms with Gasteiger partial charge >= 0.3 is 0 Å². The fraction of sp³-hybridized carbons (Fsp3) is 0.600. The largest absolute Gasteiger partial charge is 0.390 e. The summed E-state index contributed by atoms with van der Waals surface area (Å²) in [5.74, 6) is -2.28. The second-order valence-corrected chi connectivity index (χ2v) is 12.5. The number of alkyl halides is 2. The Morgan fingerprint density at radius 1 is 1.24 bits per heavy atom. The molecule has 38 heavy (non-hydrogen) atoms. The van der Waals surface area contributed by atoms with Crippen LogP contribution in [0.5, 0.6) is 0 Å². The van der Waals surface area contributed by atoms with Gasteiger partial charge in [0.2, 0.25) is 0 Å². The van der Waals surface area contributed by atoms with Gasteiger partial charge in [0.1, 0.15) is 5.60 Å². The molecule has 1 heterocycles. The number of aliphatic hydroxyl groups is 2. The summed E-state index contributed by atoms with van der Waals surface area (Å²) in [5, 5.41) is 23.7. The molecule has 8 heteroatoms. The first-order valence-electron chi connectivity index (χ1n) is 13.4. The zero-order valence-corrected chi connectivity index (χ0v) is 22.4. The zero-order valence-electron chi connectivity index (χ0n) is 21.7. The maximum absolute atomic E-state index is 17.4. The minimum atomic E-state index is -2.07. The van der Waals surface area contributed by atoms with Gasteiger partial charge in [-0.05, 0) is 56.2 Å². The van der Waals surface area contributed by atoms with E-state index in [2.05, 4.69) is 0 Å². The molecule has 9 atom stereocenters. The number of benzene rings is 1. The number of carbonyl (C=O) groups is 2. The lowest BCUT2D eigenvalue weighted by Gasteiger charge is -2.62. The summed E-state index contributed by atoms with van der Waals surface area (Å²) in [4.78, 5) is 25.4. The van der Waals surface area contributed by atoms with Gasteiger partial charge in [-0.1, -0.05) is 48.9 Å². The van der Waals surface area contributed by atoms with E-state index in [1.807, 2.05) is 30.3 Å². The van der Waals surface area contributed by atoms with Crippen LogP contribution in [0, 0.1) is 22.7 Å². The van der Waals surface area contributed by atoms with Crippen LogP contribution in [0.3, 0.4) is 0 Å². The van der Waals surface area contributed by atoms with Gasteiger partial charge in [-0.25, -0.2) is 4.39 Å². The van der Waals surface area contributed by atoms with E-state index in [9.17, 15) is 19.8 Å². The molecular formula is C30H34ClFO6. The van der Waals surface area contributed by atoms with Crippen molar-refractivity contribution in [3.8, 4) is 0 Å². The van der Waals surface area contributed by atoms with E-state index in [0.29, 0.717) is 25.0 Å². The first kappa shape index (κ1) is 26.3. The number of halogens is 2. The second kappa shape index (κ2) is 8.55. The molecule has 0 radical (unpaired) electrons. The fourth-order valence-electron chi connectivity index (χ4n) is 8.39. The SMILES string of the molecule is C[C@]12C=CC(=O)C=C1CC[C@H]1[C@@H]3C[C@@H](OCC4(c5ccccc5)CO4)[C@](O)(C(=O)CCl)[C@@]3(C)C[C@H](O)C12F. The van der Waals surface area contributed by atoms with Crippen molar-refractivity contribution in [2.75, 3.05) is 19.1 Å². The molecule has 3 saturated carbocycles. The average molecular weight is 545 g/mol. The number of rotatable bonds is 6. The summed E-state index contributed by atoms with van der Waals surface area (Å²) in [5.41, 5.74) is -5.39. The summed E-state index contributed by atoms with van der Waals surface area (Å²) in [6.45, 7) is 4.10. The van der Waals surface area contributed by atoms with Gasteiger partial charge in [-0.2, -0.15) is 0 Å². The number of ketones is 2. The number of fused-ring (bicyclic) bond motifs is 5. The lowest BCUT2D eigenvalue weighted by molar-refractivity contribution is -0.223. The van der Waals surface area contributed by atoms with Gasteiger partial charge in [0.05, 0.1) is 31.3 Å². The molecule has 0 spiro atoms. The maximum Gasteiger partial charge on any atom is 0.182 e. The lowest BCUT2D eigenvalue weighted by Crippen LogP contribution is -2.69. The Balaban J connectivity index is 1.36. The molecule has 1 aromatic carbocycles. The number of Topliss-reactive ketones (excluding diaryl/α,β-unsaturated/α-hetero) is 1. The normalized spacial score (nSPS) is 47.1. The topological polar surface area (TPSA) is 96.4 Å². The van der Waals surface area contributed by atoms with Crippen molar-refractivity contribution in [1.29, 1.82) is 0 Å². The summed E-state index contributed by atoms with van der Waals surface area (Å²) >= 11 is 6.03. The number of allylic oxidation sites excluding steroid dienone is 4. The molecular weight excluding hydrogens is 511 g/mol. The molecule has 5 aliphatic rings. The van der Waals surface area contributed by atoms with Crippen molar-refractivity contribution in [2.45, 2.75) is 68.6 Å². The van der Waals surface area contributed by atoms with Gasteiger partial charge in [0.15, 0.2) is 22.8 Å². The number of hydrogen-bond donors (Lipinski definition) is 2. The van der Waals surface area contributed by atoms with Crippen LogP contribution in [-0.2, 0) is 24.7 Å². The van der Waals surface area contributed by atoms with Gasteiger partial charge in [-0.15, -0.1) is 11.6 Å². The van der Waals surface area contributed by atoms with Crippen LogP contribution in [0.15, 0.2) is 54.1 Å². The Labute approximate surface area is 226 Å². The summed E-state index contributed by atoms with van der Waals surface area (Å²) in [6.07, 6.45) is 3.08. The molecule has 0 aromatic heterocycles. The number of hydrogen-bond acceptors (Lipinski definition) is 6. The Kier molecular flexibility index (Phi) is 5.92. The molecule has 6 rings (SSSR count). The van der Waals surface area contributed by atoms with E-state index < -0.39 is 63.4 Å². The highest BCUT2D eigenvalue weighted by Crippen LogP contribution is 2.70. The number of ether oxygens (including phenoxy) is 2. The smallest absolute Gasteiger partial charge is 0.182 e. The highest BCUT2D eigenvalue weighted by Gasteiger charge is 2.76. The monoisotopic (exact) mass is 544 g/mol. The molecule has 204 valence electrons. The fourth-order valence-corrected chi connectivity index (χ4v) is 8.59. The third-order valence-electron chi connectivity index (χ3n) is 10.7. The van der Waals surface area contributed by atoms with Crippen molar-refractivity contribution in [3.05, 3.63) is 59.7 Å². The van der Waals surface area contributed by atoms with Crippen LogP contribution in [0.4, 0.5) is 4.39 Å². The summed E-state index contributed by atoms with van der Waals surface area (Å²) < 4.78 is 29.6.